The van der Waals surface area contributed by atoms with Crippen molar-refractivity contribution in [2.45, 2.75) is 24.7 Å². The van der Waals surface area contributed by atoms with Gasteiger partial charge in [-0.05, 0) is 42.7 Å². The quantitative estimate of drug-likeness (QED) is 0.338. The highest BCUT2D eigenvalue weighted by Gasteiger charge is 2.09. The smallest absolute Gasteiger partial charge is 0.236 e. The number of hydrogen-bond acceptors (Lipinski definition) is 5. The number of thioether (sulfide) groups is 1. The maximum Gasteiger partial charge on any atom is 0.236 e. The number of nitrogens with one attached hydrogen (secondary N) is 2. The van der Waals surface area contributed by atoms with Crippen molar-refractivity contribution in [1.82, 2.24) is 10.3 Å². The van der Waals surface area contributed by atoms with Crippen molar-refractivity contribution in [2.24, 2.45) is 0 Å². The van der Waals surface area contributed by atoms with Gasteiger partial charge in [-0.2, -0.15) is 0 Å². The number of carbonyl (C=O) groups excluding carboxylic acids is 2. The van der Waals surface area contributed by atoms with Crippen molar-refractivity contribution < 1.29 is 9.59 Å². The van der Waals surface area contributed by atoms with E-state index in [1.807, 2.05) is 41.8 Å². The van der Waals surface area contributed by atoms with Crippen molar-refractivity contribution in [3.05, 3.63) is 64.5 Å². The molecule has 2 aromatic carbocycles. The Morgan fingerprint density at radius 1 is 1.10 bits per heavy atom. The Labute approximate surface area is 189 Å². The van der Waals surface area contributed by atoms with Gasteiger partial charge in [-0.1, -0.05) is 35.9 Å². The van der Waals surface area contributed by atoms with E-state index in [4.69, 9.17) is 11.6 Å². The van der Waals surface area contributed by atoms with E-state index in [2.05, 4.69) is 27.8 Å². The third-order valence-corrected chi connectivity index (χ3v) is 6.22. The van der Waals surface area contributed by atoms with E-state index < -0.39 is 0 Å². The molecule has 0 spiro atoms. The number of nitrogens with zero attached hydrogens (tertiary/aromatic N) is 1. The Kier molecular flexibility index (Phi) is 8.30. The topological polar surface area (TPSA) is 71.1 Å². The van der Waals surface area contributed by atoms with E-state index >= 15 is 0 Å². The Morgan fingerprint density at radius 3 is 2.53 bits per heavy atom. The fourth-order valence-corrected chi connectivity index (χ4v) is 4.26. The van der Waals surface area contributed by atoms with Crippen LogP contribution in [0.1, 0.15) is 18.9 Å². The molecule has 0 radical (unpaired) electrons. The minimum absolute atomic E-state index is 0.000323. The number of rotatable bonds is 9. The summed E-state index contributed by atoms with van der Waals surface area (Å²) in [6.07, 6.45) is 1.81. The number of aromatic nitrogens is 1. The van der Waals surface area contributed by atoms with Crippen LogP contribution in [0.5, 0.6) is 0 Å². The lowest BCUT2D eigenvalue weighted by Gasteiger charge is -2.04. The first kappa shape index (κ1) is 22.3. The number of benzene rings is 2. The molecule has 0 fully saturated rings. The predicted molar refractivity (Wildman–Crippen MR) is 125 cm³/mol. The highest BCUT2D eigenvalue weighted by atomic mass is 35.5. The summed E-state index contributed by atoms with van der Waals surface area (Å²) < 4.78 is 0. The first-order valence-electron chi connectivity index (χ1n) is 9.47. The molecular weight excluding hydrogens is 438 g/mol. The number of anilines is 1. The summed E-state index contributed by atoms with van der Waals surface area (Å²) in [7, 11) is 0. The van der Waals surface area contributed by atoms with Crippen LogP contribution in [-0.4, -0.2) is 29.1 Å². The molecular formula is C22H22ClN3O2S2. The summed E-state index contributed by atoms with van der Waals surface area (Å²) in [5.41, 5.74) is 3.06. The monoisotopic (exact) mass is 459 g/mol. The molecule has 8 heteroatoms. The van der Waals surface area contributed by atoms with Crippen LogP contribution in [0.25, 0.3) is 11.3 Å². The van der Waals surface area contributed by atoms with Crippen LogP contribution in [0.2, 0.25) is 5.02 Å². The molecule has 1 aromatic heterocycles. The van der Waals surface area contributed by atoms with Crippen molar-refractivity contribution in [3.8, 4) is 11.3 Å². The average molecular weight is 460 g/mol. The third kappa shape index (κ3) is 7.16. The maximum atomic E-state index is 12.2. The molecule has 3 aromatic rings. The van der Waals surface area contributed by atoms with E-state index in [1.54, 1.807) is 0 Å². The molecule has 0 atom stereocenters. The van der Waals surface area contributed by atoms with Gasteiger partial charge in [0, 0.05) is 34.3 Å². The van der Waals surface area contributed by atoms with Gasteiger partial charge in [-0.3, -0.25) is 9.59 Å². The molecule has 156 valence electrons. The first-order valence-corrected chi connectivity index (χ1v) is 11.7. The molecule has 0 aliphatic carbocycles. The molecule has 0 unspecified atom stereocenters. The molecule has 1 heterocycles. The zero-order valence-corrected chi connectivity index (χ0v) is 18.9. The van der Waals surface area contributed by atoms with Gasteiger partial charge in [-0.15, -0.1) is 23.1 Å². The molecule has 3 rings (SSSR count). The third-order valence-electron chi connectivity index (χ3n) is 4.20. The number of aryl methyl sites for hydroxylation is 1. The summed E-state index contributed by atoms with van der Waals surface area (Å²) in [6, 6.07) is 15.6. The number of carbonyl (C=O) groups is 2. The predicted octanol–water partition coefficient (Wildman–Crippen LogP) is 5.26. The van der Waals surface area contributed by atoms with Crippen molar-refractivity contribution in [3.63, 3.8) is 0 Å². The minimum Gasteiger partial charge on any atom is -0.356 e. The Hall–Kier alpha value is -2.35. The van der Waals surface area contributed by atoms with Crippen molar-refractivity contribution >= 4 is 51.6 Å². The van der Waals surface area contributed by atoms with Crippen LogP contribution in [0.15, 0.2) is 58.8 Å². The van der Waals surface area contributed by atoms with Gasteiger partial charge < -0.3 is 10.6 Å². The average Bonchev–Trinajstić information content (AvgIpc) is 3.19. The summed E-state index contributed by atoms with van der Waals surface area (Å²) in [4.78, 5) is 28.6. The molecule has 0 bridgehead atoms. The second kappa shape index (κ2) is 11.2. The second-order valence-corrected chi connectivity index (χ2v) is 8.96. The van der Waals surface area contributed by atoms with E-state index in [9.17, 15) is 9.59 Å². The summed E-state index contributed by atoms with van der Waals surface area (Å²) in [5, 5.41) is 8.86. The Bertz CT molecular complexity index is 988. The first-order chi connectivity index (χ1) is 14.5. The lowest BCUT2D eigenvalue weighted by molar-refractivity contribution is -0.119. The standard InChI is InChI=1S/C22H22ClN3O2S2/c1-15(27)24-12-2-3-16-4-6-17(7-5-16)20-13-30-22(25-20)26-21(28)14-29-19-10-8-18(23)9-11-19/h4-11,13H,2-3,12,14H2,1H3,(H,24,27)(H,25,26,28). The highest BCUT2D eigenvalue weighted by molar-refractivity contribution is 8.00. The molecule has 30 heavy (non-hydrogen) atoms. The largest absolute Gasteiger partial charge is 0.356 e. The molecule has 5 nitrogen and oxygen atoms in total. The summed E-state index contributed by atoms with van der Waals surface area (Å²) in [6.45, 7) is 2.21. The van der Waals surface area contributed by atoms with Crippen molar-refractivity contribution in [1.29, 1.82) is 0 Å². The minimum atomic E-state index is -0.0923. The van der Waals surface area contributed by atoms with Crippen LogP contribution in [0.3, 0.4) is 0 Å². The van der Waals surface area contributed by atoms with E-state index in [0.717, 1.165) is 29.0 Å². The lowest BCUT2D eigenvalue weighted by atomic mass is 10.1. The lowest BCUT2D eigenvalue weighted by Crippen LogP contribution is -2.21. The van der Waals surface area contributed by atoms with Crippen LogP contribution in [0, 0.1) is 0 Å². The van der Waals surface area contributed by atoms with Gasteiger partial charge >= 0.3 is 0 Å². The molecule has 0 saturated heterocycles. The van der Waals surface area contributed by atoms with Gasteiger partial charge in [0.1, 0.15) is 0 Å². The Balaban J connectivity index is 1.48. The highest BCUT2D eigenvalue weighted by Crippen LogP contribution is 2.26. The van der Waals surface area contributed by atoms with Crippen LogP contribution in [0.4, 0.5) is 5.13 Å². The van der Waals surface area contributed by atoms with Crippen LogP contribution < -0.4 is 10.6 Å². The summed E-state index contributed by atoms with van der Waals surface area (Å²) in [5.74, 6) is 0.217. The van der Waals surface area contributed by atoms with Gasteiger partial charge in [-0.25, -0.2) is 4.98 Å². The van der Waals surface area contributed by atoms with E-state index in [-0.39, 0.29) is 11.8 Å². The second-order valence-electron chi connectivity index (χ2n) is 6.61. The van der Waals surface area contributed by atoms with Gasteiger partial charge in [0.25, 0.3) is 0 Å². The fraction of sp³-hybridized carbons (Fsp3) is 0.227. The maximum absolute atomic E-state index is 12.2. The number of thiazole rings is 1. The number of hydrogen-bond donors (Lipinski definition) is 2. The van der Waals surface area contributed by atoms with E-state index in [0.29, 0.717) is 22.5 Å². The number of halogens is 1. The molecule has 0 aliphatic rings. The zero-order chi connectivity index (χ0) is 21.3. The van der Waals surface area contributed by atoms with Gasteiger partial charge in [0.15, 0.2) is 5.13 Å². The molecule has 2 amide bonds. The van der Waals surface area contributed by atoms with Gasteiger partial charge in [0.05, 0.1) is 11.4 Å². The van der Waals surface area contributed by atoms with Crippen LogP contribution >= 0.6 is 34.7 Å². The number of amides is 2. The van der Waals surface area contributed by atoms with Gasteiger partial charge in [0.2, 0.25) is 11.8 Å². The molecule has 0 saturated carbocycles. The normalized spacial score (nSPS) is 10.6. The Morgan fingerprint density at radius 2 is 1.83 bits per heavy atom. The fourth-order valence-electron chi connectivity index (χ4n) is 2.70. The SMILES string of the molecule is CC(=O)NCCCc1ccc(-c2csc(NC(=O)CSc3ccc(Cl)cc3)n2)cc1. The molecule has 0 aliphatic heterocycles. The van der Waals surface area contributed by atoms with Crippen molar-refractivity contribution in [2.75, 3.05) is 17.6 Å². The molecule has 2 N–H and O–H groups in total. The summed E-state index contributed by atoms with van der Waals surface area (Å²) >= 11 is 8.74. The van der Waals surface area contributed by atoms with E-state index in [1.165, 1.54) is 35.6 Å². The zero-order valence-electron chi connectivity index (χ0n) is 16.5. The van der Waals surface area contributed by atoms with Crippen LogP contribution in [-0.2, 0) is 16.0 Å².